The van der Waals surface area contributed by atoms with Crippen molar-refractivity contribution in [2.24, 2.45) is 0 Å². The first-order chi connectivity index (χ1) is 13.7. The van der Waals surface area contributed by atoms with Crippen LogP contribution in [-0.2, 0) is 0 Å². The Bertz CT molecular complexity index is 1110. The van der Waals surface area contributed by atoms with E-state index < -0.39 is 0 Å². The molecule has 0 bridgehead atoms. The van der Waals surface area contributed by atoms with Gasteiger partial charge >= 0.3 is 0 Å². The van der Waals surface area contributed by atoms with Crippen molar-refractivity contribution in [3.05, 3.63) is 53.7 Å². The van der Waals surface area contributed by atoms with Crippen LogP contribution in [0.5, 0.6) is 0 Å². The highest BCUT2D eigenvalue weighted by molar-refractivity contribution is 5.94. The molecule has 1 aromatic carbocycles. The first-order valence-corrected chi connectivity index (χ1v) is 9.31. The van der Waals surface area contributed by atoms with E-state index in [1.54, 1.807) is 6.92 Å². The van der Waals surface area contributed by atoms with Crippen LogP contribution in [0.15, 0.2) is 45.6 Å². The second-order valence-corrected chi connectivity index (χ2v) is 7.11. The fourth-order valence-corrected chi connectivity index (χ4v) is 3.75. The van der Waals surface area contributed by atoms with Crippen LogP contribution in [0.2, 0.25) is 0 Å². The molecule has 3 aromatic heterocycles. The Labute approximate surface area is 160 Å². The number of nitrogens with zero attached hydrogens (tertiary/aromatic N) is 4. The number of amides is 1. The maximum absolute atomic E-state index is 12.7. The average molecular weight is 377 g/mol. The average Bonchev–Trinajstić information content (AvgIpc) is 3.46. The predicted octanol–water partition coefficient (Wildman–Crippen LogP) is 3.53. The second kappa shape index (κ2) is 6.63. The van der Waals surface area contributed by atoms with Gasteiger partial charge in [0.2, 0.25) is 0 Å². The van der Waals surface area contributed by atoms with Crippen molar-refractivity contribution < 1.29 is 13.8 Å². The Morgan fingerprint density at radius 2 is 2.18 bits per heavy atom. The molecule has 4 heterocycles. The highest BCUT2D eigenvalue weighted by atomic mass is 16.5. The number of rotatable bonds is 3. The van der Waals surface area contributed by atoms with Crippen LogP contribution in [-0.4, -0.2) is 44.2 Å². The Kier molecular flexibility index (Phi) is 3.96. The number of para-hydroxylation sites is 1. The lowest BCUT2D eigenvalue weighted by molar-refractivity contribution is 0.0702. The standard InChI is InChI=1S/C20H19N5O3/c1-12-15(10-21-27-12)20(26)25-8-4-6-14(11-25)18-23-19(28-24-18)17-9-13-5-2-3-7-16(13)22-17/h2-3,5,7,9-10,14,22H,4,6,8,11H2,1H3. The third-order valence-corrected chi connectivity index (χ3v) is 5.26. The number of fused-ring (bicyclic) bond motifs is 1. The van der Waals surface area contributed by atoms with Crippen molar-refractivity contribution in [3.63, 3.8) is 0 Å². The van der Waals surface area contributed by atoms with Gasteiger partial charge in [0.25, 0.3) is 11.8 Å². The van der Waals surface area contributed by atoms with Gasteiger partial charge in [-0.1, -0.05) is 28.5 Å². The number of hydrogen-bond donors (Lipinski definition) is 1. The molecule has 1 aliphatic heterocycles. The van der Waals surface area contributed by atoms with Gasteiger partial charge in [-0.2, -0.15) is 4.98 Å². The molecule has 142 valence electrons. The molecule has 1 aliphatic rings. The van der Waals surface area contributed by atoms with Gasteiger partial charge in [0.1, 0.15) is 17.0 Å². The minimum absolute atomic E-state index is 0.0414. The molecule has 0 radical (unpaired) electrons. The van der Waals surface area contributed by atoms with Crippen molar-refractivity contribution in [1.82, 2.24) is 25.2 Å². The van der Waals surface area contributed by atoms with Crippen LogP contribution < -0.4 is 0 Å². The van der Waals surface area contributed by atoms with Crippen LogP contribution in [0.1, 0.15) is 40.7 Å². The number of carbonyl (C=O) groups is 1. The summed E-state index contributed by atoms with van der Waals surface area (Å²) in [7, 11) is 0. The summed E-state index contributed by atoms with van der Waals surface area (Å²) < 4.78 is 10.5. The lowest BCUT2D eigenvalue weighted by Crippen LogP contribution is -2.39. The molecule has 0 spiro atoms. The molecule has 0 aliphatic carbocycles. The van der Waals surface area contributed by atoms with Crippen molar-refractivity contribution in [2.75, 3.05) is 13.1 Å². The summed E-state index contributed by atoms with van der Waals surface area (Å²) in [5, 5.41) is 8.98. The van der Waals surface area contributed by atoms with E-state index in [2.05, 4.69) is 20.3 Å². The summed E-state index contributed by atoms with van der Waals surface area (Å²) in [6.07, 6.45) is 3.28. The maximum Gasteiger partial charge on any atom is 0.274 e. The number of likely N-dealkylation sites (tertiary alicyclic amines) is 1. The number of nitrogens with one attached hydrogen (secondary N) is 1. The van der Waals surface area contributed by atoms with E-state index in [4.69, 9.17) is 9.05 Å². The molecule has 0 saturated carbocycles. The minimum atomic E-state index is -0.0669. The van der Waals surface area contributed by atoms with Gasteiger partial charge in [0, 0.05) is 29.9 Å². The van der Waals surface area contributed by atoms with Gasteiger partial charge in [-0.15, -0.1) is 0 Å². The van der Waals surface area contributed by atoms with Crippen LogP contribution in [0.3, 0.4) is 0 Å². The molecule has 4 aromatic rings. The molecule has 1 N–H and O–H groups in total. The quantitative estimate of drug-likeness (QED) is 0.586. The predicted molar refractivity (Wildman–Crippen MR) is 101 cm³/mol. The first kappa shape index (κ1) is 16.7. The van der Waals surface area contributed by atoms with E-state index in [0.29, 0.717) is 36.1 Å². The van der Waals surface area contributed by atoms with Crippen LogP contribution >= 0.6 is 0 Å². The number of hydrogen-bond acceptors (Lipinski definition) is 6. The topological polar surface area (TPSA) is 101 Å². The zero-order valence-corrected chi connectivity index (χ0v) is 15.4. The monoisotopic (exact) mass is 377 g/mol. The van der Waals surface area contributed by atoms with Gasteiger partial charge in [-0.05, 0) is 31.9 Å². The van der Waals surface area contributed by atoms with Crippen molar-refractivity contribution in [2.45, 2.75) is 25.7 Å². The van der Waals surface area contributed by atoms with Crippen LogP contribution in [0.25, 0.3) is 22.5 Å². The van der Waals surface area contributed by atoms with Crippen LogP contribution in [0.4, 0.5) is 0 Å². The van der Waals surface area contributed by atoms with Gasteiger partial charge in [-0.3, -0.25) is 4.79 Å². The van der Waals surface area contributed by atoms with Gasteiger partial charge in [-0.25, -0.2) is 0 Å². The zero-order chi connectivity index (χ0) is 19.1. The third kappa shape index (κ3) is 2.87. The largest absolute Gasteiger partial charge is 0.361 e. The molecular formula is C20H19N5O3. The Morgan fingerprint density at radius 3 is 3.00 bits per heavy atom. The molecule has 8 heteroatoms. The summed E-state index contributed by atoms with van der Waals surface area (Å²) in [6, 6.07) is 10.0. The van der Waals surface area contributed by atoms with E-state index in [1.807, 2.05) is 35.2 Å². The van der Waals surface area contributed by atoms with Gasteiger partial charge in [0.15, 0.2) is 5.82 Å². The molecule has 1 fully saturated rings. The third-order valence-electron chi connectivity index (χ3n) is 5.26. The Balaban J connectivity index is 1.36. The summed E-state index contributed by atoms with van der Waals surface area (Å²) in [5.74, 6) is 1.60. The van der Waals surface area contributed by atoms with Gasteiger partial charge < -0.3 is 18.9 Å². The maximum atomic E-state index is 12.7. The Hall–Kier alpha value is -3.42. The molecule has 1 unspecified atom stereocenters. The molecule has 1 atom stereocenters. The fourth-order valence-electron chi connectivity index (χ4n) is 3.75. The normalized spacial score (nSPS) is 17.3. The number of benzene rings is 1. The lowest BCUT2D eigenvalue weighted by atomic mass is 9.97. The second-order valence-electron chi connectivity index (χ2n) is 7.11. The van der Waals surface area contributed by atoms with Crippen molar-refractivity contribution in [3.8, 4) is 11.6 Å². The van der Waals surface area contributed by atoms with E-state index in [0.717, 1.165) is 29.4 Å². The first-order valence-electron chi connectivity index (χ1n) is 9.31. The smallest absolute Gasteiger partial charge is 0.274 e. The number of H-pyrrole nitrogens is 1. The van der Waals surface area contributed by atoms with Gasteiger partial charge in [0.05, 0.1) is 6.20 Å². The number of carbonyl (C=O) groups excluding carboxylic acids is 1. The number of aromatic amines is 1. The number of piperidine rings is 1. The summed E-state index contributed by atoms with van der Waals surface area (Å²) in [4.78, 5) is 22.5. The van der Waals surface area contributed by atoms with E-state index in [9.17, 15) is 4.79 Å². The molecule has 28 heavy (non-hydrogen) atoms. The fraction of sp³-hybridized carbons (Fsp3) is 0.300. The van der Waals surface area contributed by atoms with Crippen molar-refractivity contribution in [1.29, 1.82) is 0 Å². The zero-order valence-electron chi connectivity index (χ0n) is 15.4. The summed E-state index contributed by atoms with van der Waals surface area (Å²) in [5.41, 5.74) is 2.33. The molecule has 1 saturated heterocycles. The highest BCUT2D eigenvalue weighted by Crippen LogP contribution is 2.29. The van der Waals surface area contributed by atoms with E-state index >= 15 is 0 Å². The number of aromatic nitrogens is 4. The van der Waals surface area contributed by atoms with E-state index in [1.165, 1.54) is 6.20 Å². The van der Waals surface area contributed by atoms with E-state index in [-0.39, 0.29) is 11.8 Å². The molecule has 1 amide bonds. The SMILES string of the molecule is Cc1oncc1C(=O)N1CCCC(c2noc(-c3cc4ccccc4[nH]3)n2)C1. The van der Waals surface area contributed by atoms with Crippen molar-refractivity contribution >= 4 is 16.8 Å². The Morgan fingerprint density at radius 1 is 1.29 bits per heavy atom. The highest BCUT2D eigenvalue weighted by Gasteiger charge is 2.30. The summed E-state index contributed by atoms with van der Waals surface area (Å²) in [6.45, 7) is 3.00. The lowest BCUT2D eigenvalue weighted by Gasteiger charge is -2.31. The number of aryl methyl sites for hydroxylation is 1. The van der Waals surface area contributed by atoms with Crippen LogP contribution in [0, 0.1) is 6.92 Å². The molecular weight excluding hydrogens is 358 g/mol. The minimum Gasteiger partial charge on any atom is -0.361 e. The summed E-state index contributed by atoms with van der Waals surface area (Å²) >= 11 is 0. The molecule has 8 nitrogen and oxygen atoms in total. The molecule has 5 rings (SSSR count).